The molecule has 2 heterocycles. The Hall–Kier alpha value is -3.32. The average Bonchev–Trinajstić information content (AvgIpc) is 3.04. The summed E-state index contributed by atoms with van der Waals surface area (Å²) in [4.78, 5) is 26.2. The standard InChI is InChI=1S/C21H19NO6/c1-25-16-6-7-17-18(13-16)28-19(20(17)23)12-14-2-4-15(5-3-14)27-21(24)22-8-10-26-11-9-22/h2-7,12-13H,8-11H2,1H3. The van der Waals surface area contributed by atoms with Crippen LogP contribution < -0.4 is 14.2 Å². The highest BCUT2D eigenvalue weighted by Gasteiger charge is 2.27. The number of methoxy groups -OCH3 is 1. The summed E-state index contributed by atoms with van der Waals surface area (Å²) >= 11 is 0. The maximum absolute atomic E-state index is 12.5. The summed E-state index contributed by atoms with van der Waals surface area (Å²) in [5, 5.41) is 0. The number of rotatable bonds is 3. The topological polar surface area (TPSA) is 74.3 Å². The van der Waals surface area contributed by atoms with E-state index in [1.165, 1.54) is 0 Å². The number of hydrogen-bond acceptors (Lipinski definition) is 6. The molecule has 0 bridgehead atoms. The van der Waals surface area contributed by atoms with Crippen LogP contribution in [-0.2, 0) is 4.74 Å². The lowest BCUT2D eigenvalue weighted by Gasteiger charge is -2.25. The summed E-state index contributed by atoms with van der Waals surface area (Å²) < 4.78 is 21.4. The van der Waals surface area contributed by atoms with Crippen molar-refractivity contribution in [1.29, 1.82) is 0 Å². The predicted molar refractivity (Wildman–Crippen MR) is 101 cm³/mol. The first-order chi connectivity index (χ1) is 13.6. The fourth-order valence-electron chi connectivity index (χ4n) is 2.99. The Morgan fingerprint density at radius 1 is 1.07 bits per heavy atom. The van der Waals surface area contributed by atoms with Crippen molar-refractivity contribution in [2.24, 2.45) is 0 Å². The minimum absolute atomic E-state index is 0.180. The normalized spacial score (nSPS) is 17.2. The van der Waals surface area contributed by atoms with Crippen LogP contribution in [0.25, 0.3) is 6.08 Å². The van der Waals surface area contributed by atoms with E-state index in [0.29, 0.717) is 49.1 Å². The number of carbonyl (C=O) groups is 2. The maximum Gasteiger partial charge on any atom is 0.415 e. The molecule has 0 spiro atoms. The van der Waals surface area contributed by atoms with E-state index in [9.17, 15) is 9.59 Å². The Morgan fingerprint density at radius 2 is 1.79 bits per heavy atom. The number of ketones is 1. The number of ether oxygens (including phenoxy) is 4. The molecule has 0 radical (unpaired) electrons. The minimum atomic E-state index is -0.395. The zero-order valence-corrected chi connectivity index (χ0v) is 15.3. The van der Waals surface area contributed by atoms with Gasteiger partial charge in [-0.2, -0.15) is 0 Å². The number of allylic oxidation sites excluding steroid dienone is 1. The number of Topliss-reactive ketones (excluding diaryl/α,β-unsaturated/α-hetero) is 1. The lowest BCUT2D eigenvalue weighted by Crippen LogP contribution is -2.42. The summed E-state index contributed by atoms with van der Waals surface area (Å²) in [5.41, 5.74) is 1.26. The Balaban J connectivity index is 1.44. The number of fused-ring (bicyclic) bond motifs is 1. The van der Waals surface area contributed by atoms with E-state index in [4.69, 9.17) is 18.9 Å². The van der Waals surface area contributed by atoms with Gasteiger partial charge < -0.3 is 23.8 Å². The van der Waals surface area contributed by atoms with E-state index in [1.54, 1.807) is 60.6 Å². The van der Waals surface area contributed by atoms with Crippen molar-refractivity contribution in [2.45, 2.75) is 0 Å². The van der Waals surface area contributed by atoms with Crippen molar-refractivity contribution >= 4 is 18.0 Å². The molecule has 28 heavy (non-hydrogen) atoms. The van der Waals surface area contributed by atoms with Gasteiger partial charge in [0, 0.05) is 19.2 Å². The summed E-state index contributed by atoms with van der Waals surface area (Å²) in [7, 11) is 1.56. The molecule has 4 rings (SSSR count). The molecule has 0 aliphatic carbocycles. The second-order valence-corrected chi connectivity index (χ2v) is 6.34. The van der Waals surface area contributed by atoms with Crippen LogP contribution in [0, 0.1) is 0 Å². The van der Waals surface area contributed by atoms with Crippen molar-refractivity contribution in [1.82, 2.24) is 4.90 Å². The fraction of sp³-hybridized carbons (Fsp3) is 0.238. The third-order valence-electron chi connectivity index (χ3n) is 4.53. The van der Waals surface area contributed by atoms with Gasteiger partial charge in [0.25, 0.3) is 0 Å². The Bertz CT molecular complexity index is 928. The van der Waals surface area contributed by atoms with Crippen molar-refractivity contribution in [3.05, 3.63) is 59.4 Å². The third kappa shape index (κ3) is 3.70. The molecule has 2 aliphatic rings. The largest absolute Gasteiger partial charge is 0.497 e. The molecule has 7 heteroatoms. The zero-order valence-electron chi connectivity index (χ0n) is 15.3. The van der Waals surface area contributed by atoms with Crippen LogP contribution in [0.5, 0.6) is 17.2 Å². The number of amides is 1. The highest BCUT2D eigenvalue weighted by Crippen LogP contribution is 2.34. The number of nitrogens with zero attached hydrogens (tertiary/aromatic N) is 1. The average molecular weight is 381 g/mol. The van der Waals surface area contributed by atoms with Crippen molar-refractivity contribution in [3.8, 4) is 17.2 Å². The van der Waals surface area contributed by atoms with Crippen LogP contribution in [0.4, 0.5) is 4.79 Å². The molecule has 144 valence electrons. The maximum atomic E-state index is 12.5. The predicted octanol–water partition coefficient (Wildman–Crippen LogP) is 3.14. The van der Waals surface area contributed by atoms with Gasteiger partial charge in [0.1, 0.15) is 17.2 Å². The Labute approximate surface area is 162 Å². The molecule has 2 aliphatic heterocycles. The number of carbonyl (C=O) groups excluding carboxylic acids is 2. The van der Waals surface area contributed by atoms with Gasteiger partial charge in [0.15, 0.2) is 5.76 Å². The summed E-state index contributed by atoms with van der Waals surface area (Å²) in [6, 6.07) is 12.0. The lowest BCUT2D eigenvalue weighted by molar-refractivity contribution is 0.0416. The van der Waals surface area contributed by atoms with Crippen molar-refractivity contribution < 1.29 is 28.5 Å². The highest BCUT2D eigenvalue weighted by atomic mass is 16.6. The first-order valence-corrected chi connectivity index (χ1v) is 8.91. The molecule has 1 saturated heterocycles. The van der Waals surface area contributed by atoms with Gasteiger partial charge in [-0.3, -0.25) is 4.79 Å². The molecule has 0 saturated carbocycles. The first kappa shape index (κ1) is 18.1. The van der Waals surface area contributed by atoms with Crippen LogP contribution in [0.1, 0.15) is 15.9 Å². The molecule has 0 aromatic heterocycles. The number of morpholine rings is 1. The van der Waals surface area contributed by atoms with Gasteiger partial charge >= 0.3 is 6.09 Å². The number of hydrogen-bond donors (Lipinski definition) is 0. The van der Waals surface area contributed by atoms with Gasteiger partial charge in [-0.1, -0.05) is 12.1 Å². The molecule has 2 aromatic rings. The van der Waals surface area contributed by atoms with Crippen LogP contribution >= 0.6 is 0 Å². The number of benzene rings is 2. The lowest BCUT2D eigenvalue weighted by atomic mass is 10.1. The van der Waals surface area contributed by atoms with Gasteiger partial charge in [-0.15, -0.1) is 0 Å². The summed E-state index contributed by atoms with van der Waals surface area (Å²) in [5.74, 6) is 1.60. The van der Waals surface area contributed by atoms with Crippen LogP contribution in [0.15, 0.2) is 48.2 Å². The van der Waals surface area contributed by atoms with Gasteiger partial charge in [-0.25, -0.2) is 4.79 Å². The van der Waals surface area contributed by atoms with E-state index in [2.05, 4.69) is 0 Å². The Kier molecular flexibility index (Phi) is 4.99. The van der Waals surface area contributed by atoms with Crippen LogP contribution in [0.3, 0.4) is 0 Å². The molecule has 1 amide bonds. The SMILES string of the molecule is COc1ccc2c(c1)OC(=Cc1ccc(OC(=O)N3CCOCC3)cc1)C2=O. The molecule has 0 unspecified atom stereocenters. The van der Waals surface area contributed by atoms with E-state index < -0.39 is 6.09 Å². The van der Waals surface area contributed by atoms with Crippen LogP contribution in [0.2, 0.25) is 0 Å². The molecule has 2 aromatic carbocycles. The molecule has 1 fully saturated rings. The third-order valence-corrected chi connectivity index (χ3v) is 4.53. The molecular weight excluding hydrogens is 362 g/mol. The molecule has 0 N–H and O–H groups in total. The quantitative estimate of drug-likeness (QED) is 0.761. The Morgan fingerprint density at radius 3 is 2.50 bits per heavy atom. The summed E-state index contributed by atoms with van der Waals surface area (Å²) in [6.45, 7) is 2.08. The zero-order chi connectivity index (χ0) is 19.5. The molecule has 0 atom stereocenters. The molecular formula is C21H19NO6. The first-order valence-electron chi connectivity index (χ1n) is 8.91. The molecule has 7 nitrogen and oxygen atoms in total. The van der Waals surface area contributed by atoms with Gasteiger partial charge in [0.05, 0.1) is 25.9 Å². The van der Waals surface area contributed by atoms with E-state index >= 15 is 0 Å². The van der Waals surface area contributed by atoms with E-state index in [-0.39, 0.29) is 11.5 Å². The monoisotopic (exact) mass is 381 g/mol. The summed E-state index contributed by atoms with van der Waals surface area (Å²) in [6.07, 6.45) is 1.26. The van der Waals surface area contributed by atoms with Gasteiger partial charge in [0.2, 0.25) is 5.78 Å². The smallest absolute Gasteiger partial charge is 0.415 e. The van der Waals surface area contributed by atoms with E-state index in [0.717, 1.165) is 5.56 Å². The fourth-order valence-corrected chi connectivity index (χ4v) is 2.99. The van der Waals surface area contributed by atoms with Crippen LogP contribution in [-0.4, -0.2) is 50.2 Å². The second-order valence-electron chi connectivity index (χ2n) is 6.34. The van der Waals surface area contributed by atoms with Crippen molar-refractivity contribution in [3.63, 3.8) is 0 Å². The van der Waals surface area contributed by atoms with E-state index in [1.807, 2.05) is 0 Å². The van der Waals surface area contributed by atoms with Crippen molar-refractivity contribution in [2.75, 3.05) is 33.4 Å². The van der Waals surface area contributed by atoms with Gasteiger partial charge in [-0.05, 0) is 35.9 Å². The minimum Gasteiger partial charge on any atom is -0.497 e. The second kappa shape index (κ2) is 7.74. The highest BCUT2D eigenvalue weighted by molar-refractivity contribution is 6.14.